The number of nitrogens with one attached hydrogen (secondary N) is 1. The van der Waals surface area contributed by atoms with Gasteiger partial charge in [0.05, 0.1) is 20.3 Å². The predicted molar refractivity (Wildman–Crippen MR) is 138 cm³/mol. The number of aromatic amines is 1. The summed E-state index contributed by atoms with van der Waals surface area (Å²) in [6, 6.07) is 8.84. The minimum atomic E-state index is -1.22. The van der Waals surface area contributed by atoms with Crippen molar-refractivity contribution in [3.05, 3.63) is 59.0 Å². The molecule has 2 unspecified atom stereocenters. The SMILES string of the molecule is COc1ccc2[nH]c3c(c2c1F)CC1(C)C(=O)N(CCCN2CCOCC2)C(=O)N1C3c1cccc(O)c1. The smallest absolute Gasteiger partial charge is 0.328 e. The number of H-pyrrole nitrogens is 1. The molecule has 2 aromatic carbocycles. The zero-order chi connectivity index (χ0) is 26.6. The van der Waals surface area contributed by atoms with Crippen molar-refractivity contribution in [2.45, 2.75) is 31.3 Å². The molecule has 9 nitrogen and oxygen atoms in total. The van der Waals surface area contributed by atoms with Crippen LogP contribution in [0.25, 0.3) is 10.9 Å². The van der Waals surface area contributed by atoms with Crippen molar-refractivity contribution in [2.75, 3.05) is 46.5 Å². The van der Waals surface area contributed by atoms with E-state index in [9.17, 15) is 14.7 Å². The van der Waals surface area contributed by atoms with Gasteiger partial charge in [0.1, 0.15) is 17.3 Å². The number of phenolic OH excluding ortho intramolecular Hbond substituents is 1. The first-order valence-electron chi connectivity index (χ1n) is 12.9. The molecule has 6 rings (SSSR count). The first-order chi connectivity index (χ1) is 18.3. The monoisotopic (exact) mass is 522 g/mol. The lowest BCUT2D eigenvalue weighted by Crippen LogP contribution is -2.53. The number of rotatable bonds is 6. The molecule has 2 N–H and O–H groups in total. The van der Waals surface area contributed by atoms with Crippen LogP contribution in [0, 0.1) is 5.82 Å². The highest BCUT2D eigenvalue weighted by atomic mass is 19.1. The number of benzene rings is 2. The summed E-state index contributed by atoms with van der Waals surface area (Å²) in [6.07, 6.45) is 0.810. The Morgan fingerprint density at radius 1 is 1.18 bits per heavy atom. The maximum absolute atomic E-state index is 15.6. The maximum atomic E-state index is 15.6. The molecule has 0 bridgehead atoms. The second kappa shape index (κ2) is 9.28. The van der Waals surface area contributed by atoms with Crippen LogP contribution in [0.5, 0.6) is 11.5 Å². The van der Waals surface area contributed by atoms with Crippen molar-refractivity contribution in [3.63, 3.8) is 0 Å². The number of carbonyl (C=O) groups excluding carboxylic acids is 2. The number of methoxy groups -OCH3 is 1. The number of fused-ring (bicyclic) bond motifs is 4. The fourth-order valence-electron chi connectivity index (χ4n) is 6.22. The van der Waals surface area contributed by atoms with Crippen LogP contribution in [0.1, 0.15) is 36.2 Å². The number of aromatic nitrogens is 1. The van der Waals surface area contributed by atoms with Crippen molar-refractivity contribution in [1.82, 2.24) is 19.7 Å². The number of urea groups is 1. The number of morpholine rings is 1. The third-order valence-corrected chi connectivity index (χ3v) is 8.10. The van der Waals surface area contributed by atoms with E-state index in [-0.39, 0.29) is 29.9 Å². The Hall–Kier alpha value is -3.63. The number of imide groups is 1. The quantitative estimate of drug-likeness (QED) is 0.482. The van der Waals surface area contributed by atoms with Crippen molar-refractivity contribution in [3.8, 4) is 11.5 Å². The molecule has 3 aliphatic heterocycles. The third kappa shape index (κ3) is 3.73. The summed E-state index contributed by atoms with van der Waals surface area (Å²) < 4.78 is 26.2. The highest BCUT2D eigenvalue weighted by Crippen LogP contribution is 2.49. The van der Waals surface area contributed by atoms with Crippen molar-refractivity contribution >= 4 is 22.8 Å². The van der Waals surface area contributed by atoms with Gasteiger partial charge in [-0.05, 0) is 48.7 Å². The molecule has 0 saturated carbocycles. The number of carbonyl (C=O) groups is 2. The summed E-state index contributed by atoms with van der Waals surface area (Å²) in [4.78, 5) is 36.4. The van der Waals surface area contributed by atoms with E-state index in [2.05, 4.69) is 9.88 Å². The van der Waals surface area contributed by atoms with Gasteiger partial charge in [-0.3, -0.25) is 19.5 Å². The van der Waals surface area contributed by atoms with E-state index in [1.807, 2.05) is 0 Å². The van der Waals surface area contributed by atoms with Gasteiger partial charge in [-0.25, -0.2) is 9.18 Å². The van der Waals surface area contributed by atoms with E-state index in [1.54, 1.807) is 48.2 Å². The zero-order valence-corrected chi connectivity index (χ0v) is 21.5. The van der Waals surface area contributed by atoms with E-state index >= 15 is 4.39 Å². The Morgan fingerprint density at radius 3 is 2.71 bits per heavy atom. The fourth-order valence-corrected chi connectivity index (χ4v) is 6.22. The first-order valence-corrected chi connectivity index (χ1v) is 12.9. The molecule has 3 aromatic rings. The Balaban J connectivity index is 1.42. The number of phenols is 1. The third-order valence-electron chi connectivity index (χ3n) is 8.10. The second-order valence-corrected chi connectivity index (χ2v) is 10.4. The molecule has 10 heteroatoms. The molecular weight excluding hydrogens is 491 g/mol. The molecule has 0 radical (unpaired) electrons. The summed E-state index contributed by atoms with van der Waals surface area (Å²) >= 11 is 0. The number of hydrogen-bond donors (Lipinski definition) is 2. The predicted octanol–water partition coefficient (Wildman–Crippen LogP) is 3.41. The minimum Gasteiger partial charge on any atom is -0.508 e. The number of halogens is 1. The standard InChI is InChI=1S/C28H31FN4O5/c1-28-16-19-22-20(7-8-21(37-2)23(22)29)30-24(19)25(17-5-3-6-18(34)15-17)33(28)27(36)32(26(28)35)10-4-9-31-11-13-38-14-12-31/h3,5-8,15,25,30,34H,4,9-14,16H2,1-2H3. The van der Waals surface area contributed by atoms with Gasteiger partial charge >= 0.3 is 6.03 Å². The van der Waals surface area contributed by atoms with Crippen LogP contribution in [0.3, 0.4) is 0 Å². The fraction of sp³-hybridized carbons (Fsp3) is 0.429. The minimum absolute atomic E-state index is 0.0422. The molecule has 0 spiro atoms. The molecule has 0 aliphatic carbocycles. The number of amides is 3. The highest BCUT2D eigenvalue weighted by molar-refractivity contribution is 6.08. The molecular formula is C28H31FN4O5. The summed E-state index contributed by atoms with van der Waals surface area (Å²) in [7, 11) is 1.41. The topological polar surface area (TPSA) is 98.3 Å². The number of ether oxygens (including phenoxy) is 2. The van der Waals surface area contributed by atoms with Gasteiger partial charge in [0.25, 0.3) is 5.91 Å². The lowest BCUT2D eigenvalue weighted by molar-refractivity contribution is -0.133. The van der Waals surface area contributed by atoms with Gasteiger partial charge in [-0.1, -0.05) is 12.1 Å². The normalized spacial score (nSPS) is 23.7. The van der Waals surface area contributed by atoms with Crippen LogP contribution in [-0.2, 0) is 16.0 Å². The molecule has 2 atom stereocenters. The summed E-state index contributed by atoms with van der Waals surface area (Å²) in [5.41, 5.74) is 1.24. The van der Waals surface area contributed by atoms with E-state index < -0.39 is 17.4 Å². The Bertz CT molecular complexity index is 1420. The Kier molecular flexibility index (Phi) is 6.03. The lowest BCUT2D eigenvalue weighted by Gasteiger charge is -2.42. The van der Waals surface area contributed by atoms with Crippen molar-refractivity contribution in [2.24, 2.45) is 0 Å². The van der Waals surface area contributed by atoms with Gasteiger partial charge in [-0.15, -0.1) is 0 Å². The summed E-state index contributed by atoms with van der Waals surface area (Å²) in [5.74, 6) is -0.647. The Morgan fingerprint density at radius 2 is 1.97 bits per heavy atom. The largest absolute Gasteiger partial charge is 0.508 e. The number of aromatic hydroxyl groups is 1. The zero-order valence-electron chi connectivity index (χ0n) is 21.5. The van der Waals surface area contributed by atoms with Gasteiger partial charge in [-0.2, -0.15) is 0 Å². The lowest BCUT2D eigenvalue weighted by atomic mass is 9.81. The van der Waals surface area contributed by atoms with Crippen molar-refractivity contribution < 1.29 is 28.6 Å². The summed E-state index contributed by atoms with van der Waals surface area (Å²) in [6.45, 7) is 5.86. The number of nitrogens with zero attached hydrogens (tertiary/aromatic N) is 3. The molecule has 2 fully saturated rings. The molecule has 2 saturated heterocycles. The van der Waals surface area contributed by atoms with Crippen LogP contribution >= 0.6 is 0 Å². The maximum Gasteiger partial charge on any atom is 0.328 e. The van der Waals surface area contributed by atoms with Gasteiger partial charge in [0, 0.05) is 49.2 Å². The van der Waals surface area contributed by atoms with Gasteiger partial charge in [0.2, 0.25) is 0 Å². The summed E-state index contributed by atoms with van der Waals surface area (Å²) in [5, 5.41) is 10.6. The van der Waals surface area contributed by atoms with E-state index in [0.717, 1.165) is 19.6 Å². The highest BCUT2D eigenvalue weighted by Gasteiger charge is 2.60. The molecule has 1 aromatic heterocycles. The molecule has 3 amide bonds. The van der Waals surface area contributed by atoms with Crippen LogP contribution in [0.15, 0.2) is 36.4 Å². The molecule has 200 valence electrons. The van der Waals surface area contributed by atoms with Crippen molar-refractivity contribution in [1.29, 1.82) is 0 Å². The van der Waals surface area contributed by atoms with Gasteiger partial charge < -0.3 is 19.6 Å². The first kappa shape index (κ1) is 24.7. The van der Waals surface area contributed by atoms with Crippen LogP contribution in [0.2, 0.25) is 0 Å². The Labute approximate surface area is 219 Å². The van der Waals surface area contributed by atoms with Crippen LogP contribution < -0.4 is 4.74 Å². The molecule has 38 heavy (non-hydrogen) atoms. The molecule has 3 aliphatic rings. The second-order valence-electron chi connectivity index (χ2n) is 10.4. The van der Waals surface area contributed by atoms with E-state index in [0.29, 0.717) is 53.9 Å². The van der Waals surface area contributed by atoms with Crippen LogP contribution in [-0.4, -0.2) is 88.8 Å². The average molecular weight is 523 g/mol. The van der Waals surface area contributed by atoms with Crippen LogP contribution in [0.4, 0.5) is 9.18 Å². The van der Waals surface area contributed by atoms with E-state index in [1.165, 1.54) is 12.0 Å². The molecule has 4 heterocycles. The van der Waals surface area contributed by atoms with Gasteiger partial charge in [0.15, 0.2) is 11.6 Å². The number of hydrogen-bond acceptors (Lipinski definition) is 6. The average Bonchev–Trinajstić information content (AvgIpc) is 3.36. The van der Waals surface area contributed by atoms with E-state index in [4.69, 9.17) is 9.47 Å².